The van der Waals surface area contributed by atoms with Crippen LogP contribution in [0.2, 0.25) is 0 Å². The van der Waals surface area contributed by atoms with Crippen molar-refractivity contribution in [1.29, 1.82) is 0 Å². The molecule has 0 aliphatic rings. The van der Waals surface area contributed by atoms with Gasteiger partial charge in [0.05, 0.1) is 6.54 Å². The van der Waals surface area contributed by atoms with E-state index in [1.54, 1.807) is 0 Å². The quantitative estimate of drug-likeness (QED) is 0.696. The van der Waals surface area contributed by atoms with E-state index in [0.29, 0.717) is 19.6 Å². The highest BCUT2D eigenvalue weighted by atomic mass is 16.4. The van der Waals surface area contributed by atoms with Crippen molar-refractivity contribution in [1.82, 2.24) is 9.88 Å². The summed E-state index contributed by atoms with van der Waals surface area (Å²) in [6, 6.07) is 8.11. The second-order valence-electron chi connectivity index (χ2n) is 4.57. The molecule has 5 nitrogen and oxygen atoms in total. The van der Waals surface area contributed by atoms with Crippen molar-refractivity contribution in [3.63, 3.8) is 0 Å². The van der Waals surface area contributed by atoms with Crippen LogP contribution in [-0.4, -0.2) is 47.1 Å². The van der Waals surface area contributed by atoms with Crippen LogP contribution in [-0.2, 0) is 11.2 Å². The van der Waals surface area contributed by atoms with E-state index in [2.05, 4.69) is 11.1 Å². The summed E-state index contributed by atoms with van der Waals surface area (Å²) in [5.74, 6) is -0.813. The van der Waals surface area contributed by atoms with Gasteiger partial charge >= 0.3 is 5.97 Å². The number of hydrogen-bond acceptors (Lipinski definition) is 3. The number of nitrogens with zero attached hydrogens (tertiary/aromatic N) is 1. The smallest absolute Gasteiger partial charge is 0.317 e. The number of hydrogen-bond donors (Lipinski definition) is 3. The average molecular weight is 261 g/mol. The van der Waals surface area contributed by atoms with Crippen LogP contribution in [0.15, 0.2) is 30.5 Å². The minimum atomic E-state index is -0.813. The largest absolute Gasteiger partial charge is 0.480 e. The molecule has 19 heavy (non-hydrogen) atoms. The van der Waals surface area contributed by atoms with E-state index in [-0.39, 0.29) is 6.54 Å². The lowest BCUT2D eigenvalue weighted by atomic mass is 10.1. The second-order valence-corrected chi connectivity index (χ2v) is 4.57. The fourth-order valence-electron chi connectivity index (χ4n) is 2.26. The first-order chi connectivity index (χ1) is 9.20. The predicted octanol–water partition coefficient (Wildman–Crippen LogP) is 1.06. The Labute approximate surface area is 112 Å². The monoisotopic (exact) mass is 261 g/mol. The summed E-state index contributed by atoms with van der Waals surface area (Å²) in [6.45, 7) is 1.82. The maximum Gasteiger partial charge on any atom is 0.317 e. The number of fused-ring (bicyclic) bond motifs is 1. The van der Waals surface area contributed by atoms with Crippen LogP contribution in [0.5, 0.6) is 0 Å². The number of carbonyl (C=O) groups is 1. The molecule has 0 spiro atoms. The first-order valence-electron chi connectivity index (χ1n) is 6.40. The molecule has 2 rings (SSSR count). The number of para-hydroxylation sites is 1. The van der Waals surface area contributed by atoms with Gasteiger partial charge in [0.25, 0.3) is 0 Å². The molecule has 5 heteroatoms. The van der Waals surface area contributed by atoms with E-state index in [1.807, 2.05) is 29.3 Å². The van der Waals surface area contributed by atoms with E-state index in [1.165, 1.54) is 10.9 Å². The Morgan fingerprint density at radius 3 is 2.84 bits per heavy atom. The van der Waals surface area contributed by atoms with Crippen LogP contribution in [0.3, 0.4) is 0 Å². The summed E-state index contributed by atoms with van der Waals surface area (Å²) in [5.41, 5.74) is 7.83. The number of benzene rings is 1. The lowest BCUT2D eigenvalue weighted by Crippen LogP contribution is -2.35. The normalized spacial score (nSPS) is 11.3. The van der Waals surface area contributed by atoms with Crippen LogP contribution >= 0.6 is 0 Å². The fraction of sp³-hybridized carbons (Fsp3) is 0.357. The summed E-state index contributed by atoms with van der Waals surface area (Å²) in [6.07, 6.45) is 2.81. The molecule has 0 fully saturated rings. The van der Waals surface area contributed by atoms with Crippen molar-refractivity contribution < 1.29 is 9.90 Å². The van der Waals surface area contributed by atoms with Crippen LogP contribution < -0.4 is 5.73 Å². The molecule has 0 saturated carbocycles. The van der Waals surface area contributed by atoms with Gasteiger partial charge in [0.15, 0.2) is 0 Å². The Morgan fingerprint density at radius 2 is 2.11 bits per heavy atom. The molecule has 0 bridgehead atoms. The van der Waals surface area contributed by atoms with E-state index in [0.717, 1.165) is 11.9 Å². The molecule has 1 aromatic carbocycles. The number of carboxylic acid groups (broad SMARTS) is 1. The number of nitrogens with one attached hydrogen (secondary N) is 1. The number of aliphatic carboxylic acids is 1. The van der Waals surface area contributed by atoms with Crippen molar-refractivity contribution in [2.45, 2.75) is 6.42 Å². The lowest BCUT2D eigenvalue weighted by Gasteiger charge is -2.18. The molecule has 0 amide bonds. The topological polar surface area (TPSA) is 82.3 Å². The van der Waals surface area contributed by atoms with Gasteiger partial charge in [0, 0.05) is 36.7 Å². The Balaban J connectivity index is 2.01. The fourth-order valence-corrected chi connectivity index (χ4v) is 2.26. The van der Waals surface area contributed by atoms with E-state index >= 15 is 0 Å². The van der Waals surface area contributed by atoms with E-state index in [9.17, 15) is 4.79 Å². The Morgan fingerprint density at radius 1 is 1.32 bits per heavy atom. The zero-order valence-corrected chi connectivity index (χ0v) is 10.8. The minimum Gasteiger partial charge on any atom is -0.480 e. The molecule has 4 N–H and O–H groups in total. The maximum atomic E-state index is 10.8. The summed E-state index contributed by atoms with van der Waals surface area (Å²) in [5, 5.41) is 10.1. The van der Waals surface area contributed by atoms with Gasteiger partial charge in [0.2, 0.25) is 0 Å². The Hall–Kier alpha value is -1.85. The van der Waals surface area contributed by atoms with E-state index < -0.39 is 5.97 Å². The molecule has 0 atom stereocenters. The minimum absolute atomic E-state index is 0.0412. The molecular formula is C14H19N3O2. The zero-order valence-electron chi connectivity index (χ0n) is 10.8. The number of nitrogens with two attached hydrogens (primary N) is 1. The highest BCUT2D eigenvalue weighted by Crippen LogP contribution is 2.18. The lowest BCUT2D eigenvalue weighted by molar-refractivity contribution is -0.138. The summed E-state index contributed by atoms with van der Waals surface area (Å²) in [7, 11) is 0. The van der Waals surface area contributed by atoms with Gasteiger partial charge in [-0.2, -0.15) is 0 Å². The zero-order chi connectivity index (χ0) is 13.7. The van der Waals surface area contributed by atoms with Gasteiger partial charge < -0.3 is 15.8 Å². The third-order valence-corrected chi connectivity index (χ3v) is 3.18. The SMILES string of the molecule is NCCN(CCc1c[nH]c2ccccc12)CC(=O)O. The first kappa shape index (κ1) is 13.6. The maximum absolute atomic E-state index is 10.8. The summed E-state index contributed by atoms with van der Waals surface area (Å²) >= 11 is 0. The molecule has 0 aliphatic carbocycles. The molecule has 102 valence electrons. The number of aromatic nitrogens is 1. The predicted molar refractivity (Wildman–Crippen MR) is 75.1 cm³/mol. The molecule has 0 radical (unpaired) electrons. The van der Waals surface area contributed by atoms with Gasteiger partial charge in [-0.25, -0.2) is 0 Å². The molecule has 0 aliphatic heterocycles. The highest BCUT2D eigenvalue weighted by molar-refractivity contribution is 5.83. The van der Waals surface area contributed by atoms with Crippen molar-refractivity contribution in [3.05, 3.63) is 36.0 Å². The highest BCUT2D eigenvalue weighted by Gasteiger charge is 2.10. The Kier molecular flexibility index (Phi) is 4.54. The summed E-state index contributed by atoms with van der Waals surface area (Å²) in [4.78, 5) is 15.9. The van der Waals surface area contributed by atoms with Crippen molar-refractivity contribution >= 4 is 16.9 Å². The number of H-pyrrole nitrogens is 1. The molecule has 1 aromatic heterocycles. The molecule has 0 saturated heterocycles. The molecule has 0 unspecified atom stereocenters. The van der Waals surface area contributed by atoms with Crippen LogP contribution in [0.25, 0.3) is 10.9 Å². The van der Waals surface area contributed by atoms with Crippen LogP contribution in [0.1, 0.15) is 5.56 Å². The van der Waals surface area contributed by atoms with Crippen molar-refractivity contribution in [3.8, 4) is 0 Å². The number of aromatic amines is 1. The third-order valence-electron chi connectivity index (χ3n) is 3.18. The average Bonchev–Trinajstić information content (AvgIpc) is 2.79. The molecule has 2 aromatic rings. The van der Waals surface area contributed by atoms with Crippen LogP contribution in [0.4, 0.5) is 0 Å². The summed E-state index contributed by atoms with van der Waals surface area (Å²) < 4.78 is 0. The molecular weight excluding hydrogens is 242 g/mol. The number of carboxylic acids is 1. The van der Waals surface area contributed by atoms with Crippen molar-refractivity contribution in [2.75, 3.05) is 26.2 Å². The van der Waals surface area contributed by atoms with Gasteiger partial charge in [-0.05, 0) is 18.1 Å². The number of rotatable bonds is 7. The third kappa shape index (κ3) is 3.56. The van der Waals surface area contributed by atoms with Crippen molar-refractivity contribution in [2.24, 2.45) is 5.73 Å². The molecule has 1 heterocycles. The van der Waals surface area contributed by atoms with E-state index in [4.69, 9.17) is 10.8 Å². The Bertz CT molecular complexity index is 550. The standard InChI is InChI=1S/C14H19N3O2/c15-6-8-17(10-14(18)19)7-5-11-9-16-13-4-2-1-3-12(11)13/h1-4,9,16H,5-8,10,15H2,(H,18,19). The van der Waals surface area contributed by atoms with Gasteiger partial charge in [0.1, 0.15) is 0 Å². The first-order valence-corrected chi connectivity index (χ1v) is 6.40. The van der Waals surface area contributed by atoms with Gasteiger partial charge in [-0.15, -0.1) is 0 Å². The van der Waals surface area contributed by atoms with Crippen LogP contribution in [0, 0.1) is 0 Å². The van der Waals surface area contributed by atoms with Gasteiger partial charge in [-0.1, -0.05) is 18.2 Å². The second kappa shape index (κ2) is 6.36. The van der Waals surface area contributed by atoms with Gasteiger partial charge in [-0.3, -0.25) is 9.69 Å².